The largest absolute Gasteiger partial charge is 0.481 e. The van der Waals surface area contributed by atoms with Gasteiger partial charge in [-0.3, -0.25) is 9.59 Å². The average Bonchev–Trinajstić information content (AvgIpc) is 2.97. The first-order valence-electron chi connectivity index (χ1n) is 6.99. The molecule has 0 saturated heterocycles. The Morgan fingerprint density at radius 2 is 1.82 bits per heavy atom. The predicted octanol–water partition coefficient (Wildman–Crippen LogP) is 3.24. The van der Waals surface area contributed by atoms with Gasteiger partial charge in [0.2, 0.25) is 0 Å². The molecule has 0 radical (unpaired) electrons. The Balaban J connectivity index is 2.06. The molecule has 0 aliphatic carbocycles. The number of carbonyl (C=O) groups is 2. The number of aromatic nitrogens is 1. The van der Waals surface area contributed by atoms with Gasteiger partial charge in [0.1, 0.15) is 5.76 Å². The lowest BCUT2D eigenvalue weighted by atomic mass is 10.0. The first-order chi connectivity index (χ1) is 10.4. The zero-order valence-corrected chi connectivity index (χ0v) is 12.7. The molecule has 116 valence electrons. The highest BCUT2D eigenvalue weighted by atomic mass is 16.5. The van der Waals surface area contributed by atoms with E-state index in [0.717, 1.165) is 0 Å². The molecule has 1 heterocycles. The van der Waals surface area contributed by atoms with Gasteiger partial charge in [0, 0.05) is 17.7 Å². The topological polar surface area (TPSA) is 92.4 Å². The van der Waals surface area contributed by atoms with Crippen LogP contribution in [0.25, 0.3) is 0 Å². The highest BCUT2D eigenvalue weighted by Gasteiger charge is 2.16. The van der Waals surface area contributed by atoms with Crippen LogP contribution in [0.4, 0.5) is 5.69 Å². The number of carboxylic acids is 1. The molecule has 6 nitrogen and oxygen atoms in total. The normalized spacial score (nSPS) is 12.2. The van der Waals surface area contributed by atoms with Crippen molar-refractivity contribution >= 4 is 17.6 Å². The maximum Gasteiger partial charge on any atom is 0.310 e. The van der Waals surface area contributed by atoms with Crippen LogP contribution >= 0.6 is 0 Å². The predicted molar refractivity (Wildman–Crippen MR) is 81.0 cm³/mol. The molecule has 0 aliphatic heterocycles. The summed E-state index contributed by atoms with van der Waals surface area (Å²) in [4.78, 5) is 23.0. The van der Waals surface area contributed by atoms with Crippen molar-refractivity contribution in [2.45, 2.75) is 32.6 Å². The summed E-state index contributed by atoms with van der Waals surface area (Å²) >= 11 is 0. The van der Waals surface area contributed by atoms with E-state index in [9.17, 15) is 9.59 Å². The molecule has 1 aromatic heterocycles. The first kappa shape index (κ1) is 15.8. The minimum absolute atomic E-state index is 0.158. The summed E-state index contributed by atoms with van der Waals surface area (Å²) in [5.41, 5.74) is 1.46. The summed E-state index contributed by atoms with van der Waals surface area (Å²) in [7, 11) is 0. The molecule has 6 heteroatoms. The van der Waals surface area contributed by atoms with Crippen LogP contribution in [0.3, 0.4) is 0 Å². The molecule has 0 aliphatic rings. The molecule has 1 atom stereocenters. The van der Waals surface area contributed by atoms with Crippen LogP contribution in [-0.4, -0.2) is 22.1 Å². The SMILES string of the molecule is CC(C)c1cc(C(=O)Nc2ccc(C(C)C(=O)O)cc2)no1. The number of nitrogens with one attached hydrogen (secondary N) is 1. The van der Waals surface area contributed by atoms with Gasteiger partial charge in [-0.25, -0.2) is 0 Å². The van der Waals surface area contributed by atoms with Crippen molar-refractivity contribution in [3.05, 3.63) is 47.3 Å². The number of nitrogens with zero attached hydrogens (tertiary/aromatic N) is 1. The summed E-state index contributed by atoms with van der Waals surface area (Å²) < 4.78 is 5.09. The van der Waals surface area contributed by atoms with Crippen molar-refractivity contribution in [1.29, 1.82) is 0 Å². The molecule has 1 amide bonds. The fourth-order valence-corrected chi connectivity index (χ4v) is 1.86. The molecule has 2 aromatic rings. The molecular weight excluding hydrogens is 284 g/mol. The molecule has 0 spiro atoms. The molecule has 1 aromatic carbocycles. The number of rotatable bonds is 5. The summed E-state index contributed by atoms with van der Waals surface area (Å²) in [6, 6.07) is 8.29. The third kappa shape index (κ3) is 3.52. The van der Waals surface area contributed by atoms with Crippen molar-refractivity contribution < 1.29 is 19.2 Å². The van der Waals surface area contributed by atoms with Gasteiger partial charge in [-0.1, -0.05) is 31.1 Å². The van der Waals surface area contributed by atoms with Crippen molar-refractivity contribution in [3.63, 3.8) is 0 Å². The van der Waals surface area contributed by atoms with Crippen LogP contribution in [0.1, 0.15) is 54.4 Å². The lowest BCUT2D eigenvalue weighted by Crippen LogP contribution is -2.12. The maximum absolute atomic E-state index is 12.0. The summed E-state index contributed by atoms with van der Waals surface area (Å²) in [5.74, 6) is -1.04. The van der Waals surface area contributed by atoms with E-state index in [1.807, 2.05) is 13.8 Å². The number of hydrogen-bond acceptors (Lipinski definition) is 4. The summed E-state index contributed by atoms with van der Waals surface area (Å²) in [6.45, 7) is 5.51. The first-order valence-corrected chi connectivity index (χ1v) is 6.99. The van der Waals surface area contributed by atoms with Crippen LogP contribution in [0, 0.1) is 0 Å². The van der Waals surface area contributed by atoms with Crippen molar-refractivity contribution in [2.75, 3.05) is 5.32 Å². The van der Waals surface area contributed by atoms with Gasteiger partial charge in [0.05, 0.1) is 5.92 Å². The number of carbonyl (C=O) groups excluding carboxylic acids is 1. The molecule has 22 heavy (non-hydrogen) atoms. The molecule has 0 fully saturated rings. The fraction of sp³-hybridized carbons (Fsp3) is 0.312. The second kappa shape index (κ2) is 6.43. The minimum atomic E-state index is -0.888. The molecular formula is C16H18N2O4. The Kier molecular flexibility index (Phi) is 4.60. The number of benzene rings is 1. The molecule has 2 rings (SSSR count). The maximum atomic E-state index is 12.0. The van der Waals surface area contributed by atoms with Crippen molar-refractivity contribution in [2.24, 2.45) is 0 Å². The van der Waals surface area contributed by atoms with Gasteiger partial charge in [0.25, 0.3) is 5.91 Å². The van der Waals surface area contributed by atoms with Gasteiger partial charge >= 0.3 is 5.97 Å². The van der Waals surface area contributed by atoms with E-state index in [2.05, 4.69) is 10.5 Å². The standard InChI is InChI=1S/C16H18N2O4/c1-9(2)14-8-13(18-22-14)15(19)17-12-6-4-11(5-7-12)10(3)16(20)21/h4-10H,1-3H3,(H,17,19)(H,20,21). The van der Waals surface area contributed by atoms with E-state index in [1.54, 1.807) is 37.3 Å². The number of amides is 1. The van der Waals surface area contributed by atoms with E-state index in [0.29, 0.717) is 17.0 Å². The number of aliphatic carboxylic acids is 1. The van der Waals surface area contributed by atoms with Gasteiger partial charge in [-0.2, -0.15) is 0 Å². The van der Waals surface area contributed by atoms with E-state index in [-0.39, 0.29) is 17.5 Å². The lowest BCUT2D eigenvalue weighted by molar-refractivity contribution is -0.138. The Morgan fingerprint density at radius 3 is 2.32 bits per heavy atom. The van der Waals surface area contributed by atoms with Crippen molar-refractivity contribution in [3.8, 4) is 0 Å². The average molecular weight is 302 g/mol. The van der Waals surface area contributed by atoms with E-state index < -0.39 is 11.9 Å². The third-order valence-corrected chi connectivity index (χ3v) is 3.37. The second-order valence-electron chi connectivity index (χ2n) is 5.41. The lowest BCUT2D eigenvalue weighted by Gasteiger charge is -2.08. The Morgan fingerprint density at radius 1 is 1.18 bits per heavy atom. The number of anilines is 1. The molecule has 0 bridgehead atoms. The van der Waals surface area contributed by atoms with Gasteiger partial charge in [-0.05, 0) is 24.6 Å². The van der Waals surface area contributed by atoms with Crippen LogP contribution in [0.5, 0.6) is 0 Å². The van der Waals surface area contributed by atoms with Gasteiger partial charge in [-0.15, -0.1) is 0 Å². The minimum Gasteiger partial charge on any atom is -0.481 e. The molecule has 0 saturated carbocycles. The highest BCUT2D eigenvalue weighted by molar-refractivity contribution is 6.02. The van der Waals surface area contributed by atoms with Crippen molar-refractivity contribution in [1.82, 2.24) is 5.16 Å². The van der Waals surface area contributed by atoms with E-state index in [1.165, 1.54) is 0 Å². The summed E-state index contributed by atoms with van der Waals surface area (Å²) in [5, 5.41) is 15.4. The van der Waals surface area contributed by atoms with Crippen LogP contribution < -0.4 is 5.32 Å². The quantitative estimate of drug-likeness (QED) is 0.884. The fourth-order valence-electron chi connectivity index (χ4n) is 1.86. The molecule has 2 N–H and O–H groups in total. The van der Waals surface area contributed by atoms with E-state index in [4.69, 9.17) is 9.63 Å². The zero-order chi connectivity index (χ0) is 16.3. The third-order valence-electron chi connectivity index (χ3n) is 3.37. The van der Waals surface area contributed by atoms with Crippen LogP contribution in [0.2, 0.25) is 0 Å². The van der Waals surface area contributed by atoms with Crippen LogP contribution in [-0.2, 0) is 4.79 Å². The van der Waals surface area contributed by atoms with Gasteiger partial charge < -0.3 is 14.9 Å². The Hall–Kier alpha value is -2.63. The number of carboxylic acid groups (broad SMARTS) is 1. The smallest absolute Gasteiger partial charge is 0.310 e. The van der Waals surface area contributed by atoms with Gasteiger partial charge in [0.15, 0.2) is 5.69 Å². The Labute approximate surface area is 128 Å². The Bertz CT molecular complexity index is 674. The number of hydrogen-bond donors (Lipinski definition) is 2. The summed E-state index contributed by atoms with van der Waals surface area (Å²) in [6.07, 6.45) is 0. The monoisotopic (exact) mass is 302 g/mol. The van der Waals surface area contributed by atoms with Crippen LogP contribution in [0.15, 0.2) is 34.9 Å². The molecule has 1 unspecified atom stereocenters. The second-order valence-corrected chi connectivity index (χ2v) is 5.41. The zero-order valence-electron chi connectivity index (χ0n) is 12.7. The van der Waals surface area contributed by atoms with E-state index >= 15 is 0 Å². The highest BCUT2D eigenvalue weighted by Crippen LogP contribution is 2.19.